The summed E-state index contributed by atoms with van der Waals surface area (Å²) in [7, 11) is -3.50. The number of rotatable bonds is 7. The molecule has 2 aromatic heterocycles. The van der Waals surface area contributed by atoms with E-state index in [0.717, 1.165) is 16.3 Å². The van der Waals surface area contributed by atoms with Crippen molar-refractivity contribution in [3.8, 4) is 0 Å². The lowest BCUT2D eigenvalue weighted by molar-refractivity contribution is 0.579. The van der Waals surface area contributed by atoms with Crippen LogP contribution in [-0.2, 0) is 23.1 Å². The molecule has 0 aliphatic carbocycles. The van der Waals surface area contributed by atoms with Crippen molar-refractivity contribution in [2.45, 2.75) is 31.8 Å². The first-order valence-corrected chi connectivity index (χ1v) is 8.61. The van der Waals surface area contributed by atoms with Crippen molar-refractivity contribution >= 4 is 21.4 Å². The van der Waals surface area contributed by atoms with Crippen LogP contribution in [0, 0.1) is 6.92 Å². The van der Waals surface area contributed by atoms with Crippen LogP contribution in [0.5, 0.6) is 0 Å². The number of hydrogen-bond donors (Lipinski definition) is 3. The lowest BCUT2D eigenvalue weighted by Crippen LogP contribution is -2.24. The van der Waals surface area contributed by atoms with Gasteiger partial charge in [0.15, 0.2) is 0 Å². The second-order valence-corrected chi connectivity index (χ2v) is 7.35. The molecular formula is C12H18N4O2S2. The average Bonchev–Trinajstić information content (AvgIpc) is 3.03. The summed E-state index contributed by atoms with van der Waals surface area (Å²) in [5, 5.41) is 3.19. The molecule has 0 radical (unpaired) electrons. The number of aromatic amines is 1. The monoisotopic (exact) mass is 314 g/mol. The van der Waals surface area contributed by atoms with Gasteiger partial charge in [-0.2, -0.15) is 0 Å². The summed E-state index contributed by atoms with van der Waals surface area (Å²) in [5.74, 6) is 0.592. The van der Waals surface area contributed by atoms with E-state index in [-0.39, 0.29) is 6.54 Å². The van der Waals surface area contributed by atoms with Gasteiger partial charge in [-0.1, -0.05) is 6.92 Å². The Morgan fingerprint density at radius 2 is 2.20 bits per heavy atom. The van der Waals surface area contributed by atoms with Gasteiger partial charge in [0.2, 0.25) is 10.0 Å². The number of aromatic nitrogens is 2. The molecule has 0 unspecified atom stereocenters. The third kappa shape index (κ3) is 3.66. The summed E-state index contributed by atoms with van der Waals surface area (Å²) in [6.45, 7) is 5.54. The summed E-state index contributed by atoms with van der Waals surface area (Å²) >= 11 is 1.50. The van der Waals surface area contributed by atoms with Crippen molar-refractivity contribution < 1.29 is 8.42 Å². The van der Waals surface area contributed by atoms with E-state index in [2.05, 4.69) is 20.0 Å². The predicted molar refractivity (Wildman–Crippen MR) is 79.0 cm³/mol. The number of nitrogens with one attached hydrogen (secondary N) is 3. The summed E-state index contributed by atoms with van der Waals surface area (Å²) in [4.78, 5) is 9.02. The fourth-order valence-electron chi connectivity index (χ4n) is 1.76. The van der Waals surface area contributed by atoms with Crippen molar-refractivity contribution in [3.63, 3.8) is 0 Å². The number of thiophene rings is 1. The van der Waals surface area contributed by atoms with Gasteiger partial charge in [-0.3, -0.25) is 0 Å². The van der Waals surface area contributed by atoms with Gasteiger partial charge in [0.1, 0.15) is 5.82 Å². The summed E-state index contributed by atoms with van der Waals surface area (Å²) in [6.07, 6.45) is 3.25. The lowest BCUT2D eigenvalue weighted by Gasteiger charge is -2.04. The van der Waals surface area contributed by atoms with Crippen molar-refractivity contribution in [3.05, 3.63) is 34.0 Å². The van der Waals surface area contributed by atoms with Crippen LogP contribution in [0.4, 0.5) is 0 Å². The Bertz CT molecular complexity index is 647. The van der Waals surface area contributed by atoms with Gasteiger partial charge in [-0.15, -0.1) is 11.3 Å². The molecule has 0 saturated heterocycles. The quantitative estimate of drug-likeness (QED) is 0.720. The van der Waals surface area contributed by atoms with Crippen LogP contribution in [-0.4, -0.2) is 24.9 Å². The molecule has 2 aromatic rings. The van der Waals surface area contributed by atoms with Crippen molar-refractivity contribution in [2.24, 2.45) is 0 Å². The average molecular weight is 314 g/mol. The Morgan fingerprint density at radius 3 is 2.85 bits per heavy atom. The molecule has 0 aliphatic heterocycles. The second-order valence-electron chi connectivity index (χ2n) is 4.27. The topological polar surface area (TPSA) is 86.9 Å². The number of aryl methyl sites for hydroxylation is 1. The molecule has 0 bridgehead atoms. The zero-order valence-electron chi connectivity index (χ0n) is 11.4. The van der Waals surface area contributed by atoms with E-state index in [1.807, 2.05) is 13.8 Å². The minimum atomic E-state index is -3.50. The first-order valence-electron chi connectivity index (χ1n) is 6.31. The molecule has 0 atom stereocenters. The number of imidazole rings is 1. The Hall–Kier alpha value is -1.22. The highest BCUT2D eigenvalue weighted by Gasteiger charge is 2.19. The normalized spacial score (nSPS) is 11.9. The van der Waals surface area contributed by atoms with Crippen LogP contribution in [0.1, 0.15) is 22.5 Å². The first-order chi connectivity index (χ1) is 9.53. The molecule has 8 heteroatoms. The van der Waals surface area contributed by atoms with E-state index in [0.29, 0.717) is 17.3 Å². The Labute approximate surface area is 122 Å². The fraction of sp³-hybridized carbons (Fsp3) is 0.417. The van der Waals surface area contributed by atoms with Crippen molar-refractivity contribution in [1.82, 2.24) is 20.0 Å². The number of sulfonamides is 1. The maximum absolute atomic E-state index is 12.3. The van der Waals surface area contributed by atoms with Gasteiger partial charge < -0.3 is 10.3 Å². The van der Waals surface area contributed by atoms with Crippen molar-refractivity contribution in [1.29, 1.82) is 0 Å². The molecule has 20 heavy (non-hydrogen) atoms. The van der Waals surface area contributed by atoms with Gasteiger partial charge in [0.25, 0.3) is 0 Å². The minimum absolute atomic E-state index is 0.160. The SMILES string of the molecule is CCNCc1cc(S(=O)(=O)NCc2ncc[nH]2)c(C)s1. The highest BCUT2D eigenvalue weighted by molar-refractivity contribution is 7.89. The van der Waals surface area contributed by atoms with E-state index in [9.17, 15) is 8.42 Å². The molecule has 2 heterocycles. The van der Waals surface area contributed by atoms with Crippen molar-refractivity contribution in [2.75, 3.05) is 6.54 Å². The number of hydrogen-bond acceptors (Lipinski definition) is 5. The van der Waals surface area contributed by atoms with Gasteiger partial charge >= 0.3 is 0 Å². The molecule has 0 saturated carbocycles. The molecule has 0 fully saturated rings. The zero-order valence-corrected chi connectivity index (χ0v) is 13.1. The number of nitrogens with zero attached hydrogens (tertiary/aromatic N) is 1. The Balaban J connectivity index is 2.10. The molecular weight excluding hydrogens is 296 g/mol. The van der Waals surface area contributed by atoms with Crippen LogP contribution in [0.25, 0.3) is 0 Å². The number of H-pyrrole nitrogens is 1. The molecule has 0 aromatic carbocycles. The summed E-state index contributed by atoms with van der Waals surface area (Å²) in [5.41, 5.74) is 0. The van der Waals surface area contributed by atoms with E-state index in [1.165, 1.54) is 11.3 Å². The molecule has 3 N–H and O–H groups in total. The molecule has 6 nitrogen and oxygen atoms in total. The minimum Gasteiger partial charge on any atom is -0.347 e. The standard InChI is InChI=1S/C12H18N4O2S2/c1-3-13-7-10-6-11(9(2)19-10)20(17,18)16-8-12-14-4-5-15-12/h4-6,13,16H,3,7-8H2,1-2H3,(H,14,15). The lowest BCUT2D eigenvalue weighted by atomic mass is 10.4. The Kier molecular flexibility index (Phi) is 4.92. The smallest absolute Gasteiger partial charge is 0.242 e. The third-order valence-electron chi connectivity index (χ3n) is 2.75. The zero-order chi connectivity index (χ0) is 14.6. The molecule has 2 rings (SSSR count). The molecule has 0 amide bonds. The molecule has 0 aliphatic rings. The van der Waals surface area contributed by atoms with Crippen LogP contribution >= 0.6 is 11.3 Å². The molecule has 0 spiro atoms. The van der Waals surface area contributed by atoms with Crippen LogP contribution in [0.2, 0.25) is 0 Å². The van der Waals surface area contributed by atoms with Crippen LogP contribution in [0.3, 0.4) is 0 Å². The van der Waals surface area contributed by atoms with E-state index < -0.39 is 10.0 Å². The third-order valence-corrected chi connectivity index (χ3v) is 5.45. The highest BCUT2D eigenvalue weighted by atomic mass is 32.2. The largest absolute Gasteiger partial charge is 0.347 e. The van der Waals surface area contributed by atoms with E-state index in [1.54, 1.807) is 18.5 Å². The van der Waals surface area contributed by atoms with Gasteiger partial charge in [-0.05, 0) is 19.5 Å². The predicted octanol–water partition coefficient (Wildman–Crippen LogP) is 1.37. The Morgan fingerprint density at radius 1 is 1.40 bits per heavy atom. The summed E-state index contributed by atoms with van der Waals surface area (Å²) < 4.78 is 27.1. The van der Waals surface area contributed by atoms with Crippen LogP contribution in [0.15, 0.2) is 23.4 Å². The molecule has 110 valence electrons. The van der Waals surface area contributed by atoms with E-state index in [4.69, 9.17) is 0 Å². The van der Waals surface area contributed by atoms with Gasteiger partial charge in [-0.25, -0.2) is 18.1 Å². The van der Waals surface area contributed by atoms with E-state index >= 15 is 0 Å². The van der Waals surface area contributed by atoms with Crippen LogP contribution < -0.4 is 10.0 Å². The van der Waals surface area contributed by atoms with Gasteiger partial charge in [0, 0.05) is 28.7 Å². The summed E-state index contributed by atoms with van der Waals surface area (Å²) in [6, 6.07) is 1.73. The highest BCUT2D eigenvalue weighted by Crippen LogP contribution is 2.25. The maximum atomic E-state index is 12.3. The second kappa shape index (κ2) is 6.49. The maximum Gasteiger partial charge on any atom is 0.242 e. The van der Waals surface area contributed by atoms with Gasteiger partial charge in [0.05, 0.1) is 11.4 Å². The fourth-order valence-corrected chi connectivity index (χ4v) is 4.35. The first kappa shape index (κ1) is 15.2.